The molecule has 0 aromatic carbocycles. The molecule has 0 heterocycles. The molecule has 6 nitrogen and oxygen atoms in total. The van der Waals surface area contributed by atoms with E-state index in [9.17, 15) is 0 Å². The predicted octanol–water partition coefficient (Wildman–Crippen LogP) is 1.49. The van der Waals surface area contributed by atoms with Gasteiger partial charge in [0.05, 0.1) is 0 Å². The summed E-state index contributed by atoms with van der Waals surface area (Å²) < 4.78 is 11.2. The zero-order chi connectivity index (χ0) is 18.6. The molecule has 2 atom stereocenters. The Kier molecular flexibility index (Phi) is 12.0. The van der Waals surface area contributed by atoms with Crippen LogP contribution in [0.1, 0.15) is 66.2 Å². The number of nitrogens with two attached hydrogens (primary N) is 4. The van der Waals surface area contributed by atoms with Crippen LogP contribution in [0.25, 0.3) is 0 Å². The molecule has 2 unspecified atom stereocenters. The highest BCUT2D eigenvalue weighted by Crippen LogP contribution is 2.09. The lowest BCUT2D eigenvalue weighted by Gasteiger charge is -2.23. The Balaban J connectivity index is 3.34. The second-order valence-electron chi connectivity index (χ2n) is 8.41. The minimum absolute atomic E-state index is 0.107. The zero-order valence-corrected chi connectivity index (χ0v) is 16.4. The fraction of sp³-hybridized carbons (Fsp3) is 1.00. The maximum Gasteiger partial charge on any atom is 0.0480 e. The van der Waals surface area contributed by atoms with Gasteiger partial charge in [0.15, 0.2) is 0 Å². The molecule has 0 spiro atoms. The van der Waals surface area contributed by atoms with Crippen LogP contribution in [0.4, 0.5) is 0 Å². The van der Waals surface area contributed by atoms with Crippen molar-refractivity contribution in [2.24, 2.45) is 22.9 Å². The third-order valence-corrected chi connectivity index (χ3v) is 3.67. The van der Waals surface area contributed by atoms with Crippen LogP contribution in [0.15, 0.2) is 0 Å². The minimum Gasteiger partial charge on any atom is -0.381 e. The van der Waals surface area contributed by atoms with E-state index in [1.54, 1.807) is 0 Å². The highest BCUT2D eigenvalue weighted by atomic mass is 16.5. The average molecular weight is 347 g/mol. The van der Waals surface area contributed by atoms with Gasteiger partial charge in [-0.05, 0) is 66.2 Å². The highest BCUT2D eigenvalue weighted by molar-refractivity contribution is 4.79. The van der Waals surface area contributed by atoms with Crippen LogP contribution >= 0.6 is 0 Å². The summed E-state index contributed by atoms with van der Waals surface area (Å²) in [5, 5.41) is 0. The Morgan fingerprint density at radius 1 is 0.667 bits per heavy atom. The fourth-order valence-corrected chi connectivity index (χ4v) is 2.64. The standard InChI is InChI=1S/C18H42N4O2/c1-17(2,21)13-15(19)7-11-23-9-5-6-10-24-12-8-16(20)14-18(3,4)22/h15-16H,5-14,19-22H2,1-4H3. The van der Waals surface area contributed by atoms with Gasteiger partial charge in [-0.2, -0.15) is 0 Å². The molecule has 0 saturated carbocycles. The molecule has 0 saturated heterocycles. The van der Waals surface area contributed by atoms with Gasteiger partial charge in [0.2, 0.25) is 0 Å². The van der Waals surface area contributed by atoms with Crippen LogP contribution in [-0.2, 0) is 9.47 Å². The van der Waals surface area contributed by atoms with E-state index in [0.29, 0.717) is 13.2 Å². The molecule has 0 aliphatic heterocycles. The molecule has 24 heavy (non-hydrogen) atoms. The topological polar surface area (TPSA) is 123 Å². The summed E-state index contributed by atoms with van der Waals surface area (Å²) in [6, 6.07) is 0.215. The highest BCUT2D eigenvalue weighted by Gasteiger charge is 2.16. The van der Waals surface area contributed by atoms with Crippen LogP contribution in [0, 0.1) is 0 Å². The van der Waals surface area contributed by atoms with Crippen molar-refractivity contribution in [3.05, 3.63) is 0 Å². The third kappa shape index (κ3) is 18.1. The van der Waals surface area contributed by atoms with Crippen molar-refractivity contribution < 1.29 is 9.47 Å². The van der Waals surface area contributed by atoms with E-state index in [1.807, 2.05) is 27.7 Å². The molecular weight excluding hydrogens is 304 g/mol. The first-order valence-corrected chi connectivity index (χ1v) is 9.24. The molecule has 0 bridgehead atoms. The molecule has 146 valence electrons. The van der Waals surface area contributed by atoms with Gasteiger partial charge in [0, 0.05) is 49.6 Å². The van der Waals surface area contributed by atoms with Crippen molar-refractivity contribution in [2.45, 2.75) is 89.4 Å². The number of unbranched alkanes of at least 4 members (excludes halogenated alkanes) is 1. The first-order valence-electron chi connectivity index (χ1n) is 9.24. The van der Waals surface area contributed by atoms with Gasteiger partial charge >= 0.3 is 0 Å². The van der Waals surface area contributed by atoms with Crippen LogP contribution in [0.2, 0.25) is 0 Å². The lowest BCUT2D eigenvalue weighted by Crippen LogP contribution is -2.39. The molecule has 0 radical (unpaired) electrons. The van der Waals surface area contributed by atoms with Gasteiger partial charge in [-0.25, -0.2) is 0 Å². The number of ether oxygens (including phenoxy) is 2. The molecule has 0 aliphatic carbocycles. The molecule has 0 fully saturated rings. The van der Waals surface area contributed by atoms with E-state index in [4.69, 9.17) is 32.4 Å². The third-order valence-electron chi connectivity index (χ3n) is 3.67. The van der Waals surface area contributed by atoms with Gasteiger partial charge in [-0.15, -0.1) is 0 Å². The SMILES string of the molecule is CC(C)(N)CC(N)CCOCCCCOCCC(N)CC(C)(C)N. The van der Waals surface area contributed by atoms with Crippen molar-refractivity contribution >= 4 is 0 Å². The van der Waals surface area contributed by atoms with Crippen LogP contribution < -0.4 is 22.9 Å². The number of hydrogen-bond acceptors (Lipinski definition) is 6. The van der Waals surface area contributed by atoms with Gasteiger partial charge in [0.25, 0.3) is 0 Å². The Bertz CT molecular complexity index is 270. The minimum atomic E-state index is -0.209. The molecule has 0 aliphatic rings. The quantitative estimate of drug-likeness (QED) is 0.333. The molecule has 0 rings (SSSR count). The van der Waals surface area contributed by atoms with Crippen molar-refractivity contribution in [2.75, 3.05) is 26.4 Å². The second-order valence-corrected chi connectivity index (χ2v) is 8.41. The lowest BCUT2D eigenvalue weighted by atomic mass is 9.95. The van der Waals surface area contributed by atoms with Crippen LogP contribution in [0.3, 0.4) is 0 Å². The van der Waals surface area contributed by atoms with Crippen molar-refractivity contribution in [1.82, 2.24) is 0 Å². The monoisotopic (exact) mass is 346 g/mol. The van der Waals surface area contributed by atoms with E-state index in [0.717, 1.165) is 51.7 Å². The Morgan fingerprint density at radius 3 is 1.29 bits per heavy atom. The van der Waals surface area contributed by atoms with Gasteiger partial charge in [-0.1, -0.05) is 0 Å². The Hall–Kier alpha value is -0.240. The zero-order valence-electron chi connectivity index (χ0n) is 16.4. The largest absolute Gasteiger partial charge is 0.381 e. The summed E-state index contributed by atoms with van der Waals surface area (Å²) >= 11 is 0. The summed E-state index contributed by atoms with van der Waals surface area (Å²) in [5.41, 5.74) is 23.5. The van der Waals surface area contributed by atoms with Crippen LogP contribution in [0.5, 0.6) is 0 Å². The van der Waals surface area contributed by atoms with Gasteiger partial charge in [0.1, 0.15) is 0 Å². The summed E-state index contributed by atoms with van der Waals surface area (Å²) in [4.78, 5) is 0. The normalized spacial score (nSPS) is 15.5. The predicted molar refractivity (Wildman–Crippen MR) is 102 cm³/mol. The molecule has 0 amide bonds. The Labute approximate surface area is 149 Å². The van der Waals surface area contributed by atoms with E-state index >= 15 is 0 Å². The maximum atomic E-state index is 6.02. The number of hydrogen-bond donors (Lipinski definition) is 4. The van der Waals surface area contributed by atoms with Crippen molar-refractivity contribution in [3.63, 3.8) is 0 Å². The summed E-state index contributed by atoms with van der Waals surface area (Å²) in [6.45, 7) is 10.9. The molecule has 6 heteroatoms. The van der Waals surface area contributed by atoms with E-state index in [2.05, 4.69) is 0 Å². The average Bonchev–Trinajstić information content (AvgIpc) is 2.36. The van der Waals surface area contributed by atoms with Crippen molar-refractivity contribution in [1.29, 1.82) is 0 Å². The molecule has 8 N–H and O–H groups in total. The maximum absolute atomic E-state index is 6.02. The smallest absolute Gasteiger partial charge is 0.0480 e. The molecular formula is C18H42N4O2. The van der Waals surface area contributed by atoms with E-state index in [-0.39, 0.29) is 23.2 Å². The lowest BCUT2D eigenvalue weighted by molar-refractivity contribution is 0.0951. The second kappa shape index (κ2) is 12.2. The summed E-state index contributed by atoms with van der Waals surface area (Å²) in [5.74, 6) is 0. The first kappa shape index (κ1) is 23.8. The summed E-state index contributed by atoms with van der Waals surface area (Å²) in [7, 11) is 0. The number of rotatable bonds is 15. The van der Waals surface area contributed by atoms with Crippen LogP contribution in [-0.4, -0.2) is 49.6 Å². The van der Waals surface area contributed by atoms with Gasteiger partial charge in [-0.3, -0.25) is 0 Å². The first-order chi connectivity index (χ1) is 11.0. The van der Waals surface area contributed by atoms with Crippen molar-refractivity contribution in [3.8, 4) is 0 Å². The Morgan fingerprint density at radius 2 is 1.00 bits per heavy atom. The van der Waals surface area contributed by atoms with Gasteiger partial charge < -0.3 is 32.4 Å². The van der Waals surface area contributed by atoms with E-state index in [1.165, 1.54) is 0 Å². The molecule has 0 aromatic heterocycles. The molecule has 0 aromatic rings. The van der Waals surface area contributed by atoms with E-state index < -0.39 is 0 Å². The summed E-state index contributed by atoms with van der Waals surface area (Å²) in [6.07, 6.45) is 5.33. The fourth-order valence-electron chi connectivity index (χ4n) is 2.64.